The molecule has 0 atom stereocenters. The summed E-state index contributed by atoms with van der Waals surface area (Å²) in [6, 6.07) is 101. The van der Waals surface area contributed by atoms with Crippen molar-refractivity contribution in [1.29, 1.82) is 0 Å². The van der Waals surface area contributed by atoms with Crippen molar-refractivity contribution < 1.29 is 0 Å². The van der Waals surface area contributed by atoms with Gasteiger partial charge in [0.1, 0.15) is 0 Å². The first-order chi connectivity index (χ1) is 36.7. The van der Waals surface area contributed by atoms with Crippen molar-refractivity contribution in [2.24, 2.45) is 0 Å². The minimum Gasteiger partial charge on any atom is -0.310 e. The molecule has 0 aliphatic heterocycles. The molecule has 0 bridgehead atoms. The lowest BCUT2D eigenvalue weighted by molar-refractivity contribution is 1.07. The number of anilines is 3. The number of rotatable bonds is 11. The summed E-state index contributed by atoms with van der Waals surface area (Å²) in [4.78, 5) is 17.6. The van der Waals surface area contributed by atoms with Crippen LogP contribution in [0.4, 0.5) is 17.1 Å². The molecule has 11 aromatic carbocycles. The molecule has 5 heteroatoms. The molecule has 13 aromatic rings. The fourth-order valence-corrected chi connectivity index (χ4v) is 10.2. The molecule has 13 rings (SSSR count). The van der Waals surface area contributed by atoms with Gasteiger partial charge in [0.2, 0.25) is 0 Å². The van der Waals surface area contributed by atoms with Gasteiger partial charge in [-0.2, -0.15) is 0 Å². The van der Waals surface area contributed by atoms with E-state index in [1.165, 1.54) is 32.9 Å². The van der Waals surface area contributed by atoms with Gasteiger partial charge in [0, 0.05) is 50.2 Å². The van der Waals surface area contributed by atoms with Gasteiger partial charge in [-0.25, -0.2) is 15.0 Å². The van der Waals surface area contributed by atoms with E-state index >= 15 is 0 Å². The Bertz CT molecular complexity index is 3890. The van der Waals surface area contributed by atoms with Crippen molar-refractivity contribution in [3.05, 3.63) is 285 Å². The number of aromatic nitrogens is 4. The number of benzene rings is 11. The third-order valence-electron chi connectivity index (χ3n) is 13.8. The summed E-state index contributed by atoms with van der Waals surface area (Å²) in [5.41, 5.74) is 18.3. The molecule has 348 valence electrons. The van der Waals surface area contributed by atoms with Crippen molar-refractivity contribution in [3.63, 3.8) is 0 Å². The Kier molecular flexibility index (Phi) is 11.5. The first-order valence-corrected chi connectivity index (χ1v) is 25.0. The SMILES string of the molecule is c1ccc(-c2ccc(N(c3ccc(-c4ccccc4)cc3)c3cc(-c4ccc(-n5c6ccccc6c6ccccc65)cc4)cc(-c4cccc(-c5nc(-c6ccccc6)nc(-c6ccccc6)n5)c4)c3)cc2)cc1. The van der Waals surface area contributed by atoms with E-state index < -0.39 is 0 Å². The summed E-state index contributed by atoms with van der Waals surface area (Å²) in [5, 5.41) is 2.48. The Labute approximate surface area is 430 Å². The maximum atomic E-state index is 5.12. The van der Waals surface area contributed by atoms with Crippen LogP contribution in [0, 0.1) is 0 Å². The van der Waals surface area contributed by atoms with Crippen molar-refractivity contribution >= 4 is 38.9 Å². The summed E-state index contributed by atoms with van der Waals surface area (Å²) in [5.74, 6) is 1.86. The molecule has 0 aliphatic carbocycles. The van der Waals surface area contributed by atoms with Crippen molar-refractivity contribution in [3.8, 4) is 84.4 Å². The van der Waals surface area contributed by atoms with E-state index in [4.69, 9.17) is 15.0 Å². The minimum absolute atomic E-state index is 0.607. The highest BCUT2D eigenvalue weighted by Crippen LogP contribution is 2.42. The Balaban J connectivity index is 0.979. The highest BCUT2D eigenvalue weighted by Gasteiger charge is 2.19. The van der Waals surface area contributed by atoms with Gasteiger partial charge in [-0.05, 0) is 117 Å². The monoisotopic (exact) mass is 945 g/mol. The van der Waals surface area contributed by atoms with Crippen LogP contribution in [0.1, 0.15) is 0 Å². The third-order valence-corrected chi connectivity index (χ3v) is 13.8. The Hall–Kier alpha value is -9.97. The maximum Gasteiger partial charge on any atom is 0.164 e. The van der Waals surface area contributed by atoms with Gasteiger partial charge in [-0.15, -0.1) is 0 Å². The molecule has 2 aromatic heterocycles. The molecule has 0 spiro atoms. The van der Waals surface area contributed by atoms with Crippen molar-refractivity contribution in [2.45, 2.75) is 0 Å². The van der Waals surface area contributed by atoms with E-state index in [9.17, 15) is 0 Å². The molecule has 0 amide bonds. The lowest BCUT2D eigenvalue weighted by Gasteiger charge is -2.27. The summed E-state index contributed by atoms with van der Waals surface area (Å²) in [6.07, 6.45) is 0. The van der Waals surface area contributed by atoms with Crippen molar-refractivity contribution in [1.82, 2.24) is 19.5 Å². The van der Waals surface area contributed by atoms with Crippen LogP contribution in [0.2, 0.25) is 0 Å². The average molecular weight is 946 g/mol. The second-order valence-corrected chi connectivity index (χ2v) is 18.5. The van der Waals surface area contributed by atoms with E-state index in [1.54, 1.807) is 0 Å². The van der Waals surface area contributed by atoms with E-state index in [2.05, 4.69) is 234 Å². The predicted octanol–water partition coefficient (Wildman–Crippen LogP) is 18.1. The zero-order valence-corrected chi connectivity index (χ0v) is 40.4. The molecule has 0 saturated heterocycles. The lowest BCUT2D eigenvalue weighted by Crippen LogP contribution is -2.10. The van der Waals surface area contributed by atoms with Crippen LogP contribution in [0.15, 0.2) is 285 Å². The molecular formula is C69H47N5. The Morgan fingerprint density at radius 1 is 0.230 bits per heavy atom. The molecule has 0 saturated carbocycles. The number of hydrogen-bond acceptors (Lipinski definition) is 4. The fourth-order valence-electron chi connectivity index (χ4n) is 10.2. The van der Waals surface area contributed by atoms with E-state index in [1.807, 2.05) is 60.7 Å². The minimum atomic E-state index is 0.607. The summed E-state index contributed by atoms with van der Waals surface area (Å²) >= 11 is 0. The first kappa shape index (κ1) is 44.0. The molecule has 0 N–H and O–H groups in total. The fraction of sp³-hybridized carbons (Fsp3) is 0. The van der Waals surface area contributed by atoms with Crippen LogP contribution in [0.3, 0.4) is 0 Å². The van der Waals surface area contributed by atoms with Gasteiger partial charge in [-0.1, -0.05) is 212 Å². The smallest absolute Gasteiger partial charge is 0.164 e. The number of hydrogen-bond donors (Lipinski definition) is 0. The van der Waals surface area contributed by atoms with Crippen LogP contribution < -0.4 is 4.90 Å². The average Bonchev–Trinajstić information content (AvgIpc) is 3.83. The van der Waals surface area contributed by atoms with Crippen LogP contribution in [-0.4, -0.2) is 19.5 Å². The lowest BCUT2D eigenvalue weighted by atomic mass is 9.95. The Morgan fingerprint density at radius 2 is 0.568 bits per heavy atom. The van der Waals surface area contributed by atoms with Gasteiger partial charge in [-0.3, -0.25) is 0 Å². The molecule has 2 heterocycles. The summed E-state index contributed by atoms with van der Waals surface area (Å²) in [7, 11) is 0. The van der Waals surface area contributed by atoms with Gasteiger partial charge in [0.25, 0.3) is 0 Å². The number of nitrogens with zero attached hydrogens (tertiary/aromatic N) is 5. The topological polar surface area (TPSA) is 46.8 Å². The number of para-hydroxylation sites is 2. The molecule has 74 heavy (non-hydrogen) atoms. The highest BCUT2D eigenvalue weighted by molar-refractivity contribution is 6.09. The van der Waals surface area contributed by atoms with Crippen molar-refractivity contribution in [2.75, 3.05) is 4.90 Å². The van der Waals surface area contributed by atoms with Crippen LogP contribution in [0.5, 0.6) is 0 Å². The quantitative estimate of drug-likeness (QED) is 0.130. The van der Waals surface area contributed by atoms with E-state index in [0.29, 0.717) is 17.5 Å². The summed E-state index contributed by atoms with van der Waals surface area (Å²) in [6.45, 7) is 0. The Morgan fingerprint density at radius 3 is 1.05 bits per heavy atom. The zero-order valence-electron chi connectivity index (χ0n) is 40.4. The molecule has 0 aliphatic rings. The molecule has 5 nitrogen and oxygen atoms in total. The van der Waals surface area contributed by atoms with E-state index in [0.717, 1.165) is 72.8 Å². The van der Waals surface area contributed by atoms with Gasteiger partial charge >= 0.3 is 0 Å². The van der Waals surface area contributed by atoms with E-state index in [-0.39, 0.29) is 0 Å². The standard InChI is InChI=1S/C69H47N5/c1-5-18-48(19-6-1)50-32-38-59(39-33-50)73(60-40-34-51(35-41-60)49-20-7-2-8-21-49)62-46-57(52-36-42-61(43-37-52)74-65-30-15-13-28-63(65)64-29-14-16-31-66(64)74)45-58(47-62)55-26-17-27-56(44-55)69-71-67(53-22-9-3-10-23-53)70-68(72-69)54-24-11-4-12-25-54/h1-47H. The third kappa shape index (κ3) is 8.59. The predicted molar refractivity (Wildman–Crippen MR) is 307 cm³/mol. The second-order valence-electron chi connectivity index (χ2n) is 18.5. The van der Waals surface area contributed by atoms with Crippen LogP contribution in [0.25, 0.3) is 106 Å². The summed E-state index contributed by atoms with van der Waals surface area (Å²) < 4.78 is 2.37. The molecular weight excluding hydrogens is 899 g/mol. The van der Waals surface area contributed by atoms with Gasteiger partial charge in [0.05, 0.1) is 11.0 Å². The zero-order chi connectivity index (χ0) is 49.2. The second kappa shape index (κ2) is 19.3. The normalized spacial score (nSPS) is 11.2. The van der Waals surface area contributed by atoms with Crippen LogP contribution >= 0.6 is 0 Å². The molecule has 0 fully saturated rings. The largest absolute Gasteiger partial charge is 0.310 e. The molecule has 0 radical (unpaired) electrons. The maximum absolute atomic E-state index is 5.12. The molecule has 0 unspecified atom stereocenters. The van der Waals surface area contributed by atoms with Gasteiger partial charge < -0.3 is 9.47 Å². The highest BCUT2D eigenvalue weighted by atomic mass is 15.1. The van der Waals surface area contributed by atoms with Crippen LogP contribution in [-0.2, 0) is 0 Å². The number of fused-ring (bicyclic) bond motifs is 3. The first-order valence-electron chi connectivity index (χ1n) is 25.0. The van der Waals surface area contributed by atoms with Gasteiger partial charge in [0.15, 0.2) is 17.5 Å².